The van der Waals surface area contributed by atoms with Gasteiger partial charge in [-0.2, -0.15) is 0 Å². The Bertz CT molecular complexity index is 346. The van der Waals surface area contributed by atoms with Gasteiger partial charge in [-0.25, -0.2) is 4.98 Å². The second kappa shape index (κ2) is 7.46. The standard InChI is InChI=1S/C15H26N4/c1-3-18-8-10-19(11-9-18)13-14(2)12-17-15-6-4-5-7-16-15/h4-7,14H,3,8-13H2,1-2H3,(H,16,17)/t14-/m0/s1. The molecule has 2 rings (SSSR count). The van der Waals surface area contributed by atoms with Crippen LogP contribution in [0.3, 0.4) is 0 Å². The van der Waals surface area contributed by atoms with Crippen LogP contribution >= 0.6 is 0 Å². The first-order valence-corrected chi connectivity index (χ1v) is 7.37. The third-order valence-corrected chi connectivity index (χ3v) is 3.78. The molecule has 0 amide bonds. The lowest BCUT2D eigenvalue weighted by molar-refractivity contribution is 0.126. The molecule has 1 aliphatic heterocycles. The minimum absolute atomic E-state index is 0.648. The lowest BCUT2D eigenvalue weighted by atomic mass is 10.1. The van der Waals surface area contributed by atoms with Crippen LogP contribution in [0.4, 0.5) is 5.82 Å². The van der Waals surface area contributed by atoms with Crippen LogP contribution in [0.15, 0.2) is 24.4 Å². The van der Waals surface area contributed by atoms with Crippen molar-refractivity contribution in [3.63, 3.8) is 0 Å². The second-order valence-corrected chi connectivity index (χ2v) is 5.44. The molecule has 0 radical (unpaired) electrons. The van der Waals surface area contributed by atoms with Crippen LogP contribution in [0.25, 0.3) is 0 Å². The van der Waals surface area contributed by atoms with Crippen molar-refractivity contribution in [2.24, 2.45) is 5.92 Å². The van der Waals surface area contributed by atoms with E-state index in [1.165, 1.54) is 39.3 Å². The Labute approximate surface area is 116 Å². The molecule has 0 bridgehead atoms. The van der Waals surface area contributed by atoms with Crippen LogP contribution in [0, 0.1) is 5.92 Å². The number of pyridine rings is 1. The number of likely N-dealkylation sites (N-methyl/N-ethyl adjacent to an activating group) is 1. The maximum atomic E-state index is 4.29. The molecule has 1 aromatic heterocycles. The Kier molecular flexibility index (Phi) is 5.61. The summed E-state index contributed by atoms with van der Waals surface area (Å²) >= 11 is 0. The zero-order valence-corrected chi connectivity index (χ0v) is 12.2. The van der Waals surface area contributed by atoms with E-state index >= 15 is 0 Å². The van der Waals surface area contributed by atoms with Crippen LogP contribution in [-0.4, -0.2) is 60.6 Å². The number of rotatable bonds is 6. The van der Waals surface area contributed by atoms with Gasteiger partial charge in [0.2, 0.25) is 0 Å². The zero-order valence-electron chi connectivity index (χ0n) is 12.2. The fourth-order valence-corrected chi connectivity index (χ4v) is 2.54. The van der Waals surface area contributed by atoms with Crippen LogP contribution in [0.5, 0.6) is 0 Å². The predicted octanol–water partition coefficient (Wildman–Crippen LogP) is 1.77. The molecule has 0 spiro atoms. The number of aromatic nitrogens is 1. The van der Waals surface area contributed by atoms with Crippen molar-refractivity contribution in [1.29, 1.82) is 0 Å². The van der Waals surface area contributed by atoms with Gasteiger partial charge in [0.25, 0.3) is 0 Å². The van der Waals surface area contributed by atoms with E-state index in [0.29, 0.717) is 5.92 Å². The topological polar surface area (TPSA) is 31.4 Å². The molecular formula is C15H26N4. The molecule has 1 fully saturated rings. The number of hydrogen-bond acceptors (Lipinski definition) is 4. The first-order valence-electron chi connectivity index (χ1n) is 7.37. The Balaban J connectivity index is 1.66. The molecule has 4 nitrogen and oxygen atoms in total. The number of hydrogen-bond donors (Lipinski definition) is 1. The number of nitrogens with zero attached hydrogens (tertiary/aromatic N) is 3. The molecule has 0 unspecified atom stereocenters. The summed E-state index contributed by atoms with van der Waals surface area (Å²) in [6.45, 7) is 12.8. The summed E-state index contributed by atoms with van der Waals surface area (Å²) in [5.41, 5.74) is 0. The first-order chi connectivity index (χ1) is 9.28. The van der Waals surface area contributed by atoms with Crippen LogP contribution in [-0.2, 0) is 0 Å². The maximum Gasteiger partial charge on any atom is 0.125 e. The predicted molar refractivity (Wildman–Crippen MR) is 80.4 cm³/mol. The van der Waals surface area contributed by atoms with E-state index in [9.17, 15) is 0 Å². The van der Waals surface area contributed by atoms with E-state index in [1.807, 2.05) is 24.4 Å². The van der Waals surface area contributed by atoms with Gasteiger partial charge >= 0.3 is 0 Å². The zero-order chi connectivity index (χ0) is 13.5. The van der Waals surface area contributed by atoms with E-state index in [4.69, 9.17) is 0 Å². The van der Waals surface area contributed by atoms with Gasteiger partial charge in [-0.3, -0.25) is 0 Å². The van der Waals surface area contributed by atoms with E-state index in [-0.39, 0.29) is 0 Å². The van der Waals surface area contributed by atoms with E-state index in [0.717, 1.165) is 12.4 Å². The Morgan fingerprint density at radius 2 is 1.95 bits per heavy atom. The van der Waals surface area contributed by atoms with Gasteiger partial charge in [0.1, 0.15) is 5.82 Å². The van der Waals surface area contributed by atoms with Gasteiger partial charge in [-0.1, -0.05) is 19.9 Å². The summed E-state index contributed by atoms with van der Waals surface area (Å²) in [7, 11) is 0. The smallest absolute Gasteiger partial charge is 0.125 e. The van der Waals surface area contributed by atoms with Gasteiger partial charge in [0, 0.05) is 45.5 Å². The fraction of sp³-hybridized carbons (Fsp3) is 0.667. The van der Waals surface area contributed by atoms with Gasteiger partial charge < -0.3 is 15.1 Å². The second-order valence-electron chi connectivity index (χ2n) is 5.44. The fourth-order valence-electron chi connectivity index (χ4n) is 2.54. The number of piperazine rings is 1. The molecule has 0 saturated carbocycles. The lowest BCUT2D eigenvalue weighted by Crippen LogP contribution is -2.47. The molecular weight excluding hydrogens is 236 g/mol. The molecule has 0 aromatic carbocycles. The summed E-state index contributed by atoms with van der Waals surface area (Å²) in [5.74, 6) is 1.63. The molecule has 19 heavy (non-hydrogen) atoms. The molecule has 0 aliphatic carbocycles. The van der Waals surface area contributed by atoms with Crippen molar-refractivity contribution >= 4 is 5.82 Å². The molecule has 1 saturated heterocycles. The quantitative estimate of drug-likeness (QED) is 0.846. The monoisotopic (exact) mass is 262 g/mol. The molecule has 1 aliphatic rings. The van der Waals surface area contributed by atoms with Gasteiger partial charge in [0.15, 0.2) is 0 Å². The van der Waals surface area contributed by atoms with Crippen molar-refractivity contribution in [2.75, 3.05) is 51.1 Å². The van der Waals surface area contributed by atoms with Crippen molar-refractivity contribution in [3.8, 4) is 0 Å². The molecule has 1 atom stereocenters. The lowest BCUT2D eigenvalue weighted by Gasteiger charge is -2.35. The van der Waals surface area contributed by atoms with E-state index in [2.05, 4.69) is 33.9 Å². The first kappa shape index (κ1) is 14.3. The van der Waals surface area contributed by atoms with Crippen molar-refractivity contribution < 1.29 is 0 Å². The summed E-state index contributed by atoms with van der Waals surface area (Å²) in [6, 6.07) is 5.98. The van der Waals surface area contributed by atoms with Crippen LogP contribution in [0.2, 0.25) is 0 Å². The molecule has 4 heteroatoms. The average Bonchev–Trinajstić information content (AvgIpc) is 2.47. The molecule has 1 aromatic rings. The average molecular weight is 262 g/mol. The summed E-state index contributed by atoms with van der Waals surface area (Å²) in [6.07, 6.45) is 1.83. The molecule has 106 valence electrons. The van der Waals surface area contributed by atoms with E-state index < -0.39 is 0 Å². The Morgan fingerprint density at radius 3 is 2.58 bits per heavy atom. The minimum Gasteiger partial charge on any atom is -0.370 e. The molecule has 1 N–H and O–H groups in total. The number of anilines is 1. The van der Waals surface area contributed by atoms with Gasteiger partial charge in [-0.15, -0.1) is 0 Å². The highest BCUT2D eigenvalue weighted by Crippen LogP contribution is 2.07. The Hall–Kier alpha value is -1.13. The highest BCUT2D eigenvalue weighted by atomic mass is 15.3. The molecule has 2 heterocycles. The van der Waals surface area contributed by atoms with Crippen LogP contribution < -0.4 is 5.32 Å². The minimum atomic E-state index is 0.648. The maximum absolute atomic E-state index is 4.29. The third kappa shape index (κ3) is 4.80. The van der Waals surface area contributed by atoms with Crippen molar-refractivity contribution in [2.45, 2.75) is 13.8 Å². The normalized spacial score (nSPS) is 19.3. The highest BCUT2D eigenvalue weighted by molar-refractivity contribution is 5.32. The Morgan fingerprint density at radius 1 is 1.21 bits per heavy atom. The third-order valence-electron chi connectivity index (χ3n) is 3.78. The van der Waals surface area contributed by atoms with Gasteiger partial charge in [0.05, 0.1) is 0 Å². The van der Waals surface area contributed by atoms with Crippen LogP contribution in [0.1, 0.15) is 13.8 Å². The summed E-state index contributed by atoms with van der Waals surface area (Å²) in [4.78, 5) is 9.39. The number of nitrogens with one attached hydrogen (secondary N) is 1. The highest BCUT2D eigenvalue weighted by Gasteiger charge is 2.17. The largest absolute Gasteiger partial charge is 0.370 e. The van der Waals surface area contributed by atoms with Gasteiger partial charge in [-0.05, 0) is 24.6 Å². The van der Waals surface area contributed by atoms with Crippen molar-refractivity contribution in [1.82, 2.24) is 14.8 Å². The summed E-state index contributed by atoms with van der Waals surface area (Å²) in [5, 5.41) is 3.41. The summed E-state index contributed by atoms with van der Waals surface area (Å²) < 4.78 is 0. The van der Waals surface area contributed by atoms with E-state index in [1.54, 1.807) is 0 Å². The van der Waals surface area contributed by atoms with Crippen molar-refractivity contribution in [3.05, 3.63) is 24.4 Å². The SMILES string of the molecule is CCN1CCN(C[C@@H](C)CNc2ccccn2)CC1.